The number of imidazole rings is 1. The minimum atomic E-state index is 0.527. The predicted molar refractivity (Wildman–Crippen MR) is 54.3 cm³/mol. The molecule has 0 saturated heterocycles. The maximum atomic E-state index is 8.47. The molecule has 0 spiro atoms. The summed E-state index contributed by atoms with van der Waals surface area (Å²) in [5.41, 5.74) is 1.07. The van der Waals surface area contributed by atoms with Crippen LogP contribution in [0.25, 0.3) is 0 Å². The maximum absolute atomic E-state index is 8.47. The molecular formula is C9H12BrN3. The van der Waals surface area contributed by atoms with E-state index in [9.17, 15) is 0 Å². The number of hydrogen-bond donors (Lipinski definition) is 0. The second-order valence-electron chi connectivity index (χ2n) is 2.81. The van der Waals surface area contributed by atoms with E-state index in [1.54, 1.807) is 0 Å². The van der Waals surface area contributed by atoms with Crippen molar-refractivity contribution in [2.24, 2.45) is 0 Å². The highest BCUT2D eigenvalue weighted by atomic mass is 79.9. The van der Waals surface area contributed by atoms with Crippen LogP contribution in [0.5, 0.6) is 0 Å². The van der Waals surface area contributed by atoms with Gasteiger partial charge in [-0.3, -0.25) is 0 Å². The standard InChI is InChI=1S/C9H12BrN3/c1-3-8-9(10)13(6-4-5-11)7(2)12-8/h3-4,6H2,1-2H3. The summed E-state index contributed by atoms with van der Waals surface area (Å²) in [6.07, 6.45) is 1.44. The Labute approximate surface area is 86.5 Å². The van der Waals surface area contributed by atoms with E-state index in [-0.39, 0.29) is 0 Å². The Bertz CT molecular complexity index is 335. The Hall–Kier alpha value is -0.820. The van der Waals surface area contributed by atoms with Crippen LogP contribution in [-0.2, 0) is 13.0 Å². The van der Waals surface area contributed by atoms with Crippen LogP contribution in [0.4, 0.5) is 0 Å². The molecule has 1 aromatic heterocycles. The summed E-state index contributed by atoms with van der Waals surface area (Å²) in [6.45, 7) is 4.75. The predicted octanol–water partition coefficient (Wildman–Crippen LogP) is 2.43. The minimum absolute atomic E-state index is 0.527. The molecule has 0 aliphatic heterocycles. The van der Waals surface area contributed by atoms with Gasteiger partial charge in [0, 0.05) is 6.54 Å². The summed E-state index contributed by atoms with van der Waals surface area (Å²) in [5, 5.41) is 8.47. The molecule has 0 amide bonds. The first-order chi connectivity index (χ1) is 6.20. The quantitative estimate of drug-likeness (QED) is 0.816. The fourth-order valence-electron chi connectivity index (χ4n) is 1.25. The van der Waals surface area contributed by atoms with Gasteiger partial charge in [-0.15, -0.1) is 0 Å². The van der Waals surface area contributed by atoms with Crippen LogP contribution >= 0.6 is 15.9 Å². The summed E-state index contributed by atoms with van der Waals surface area (Å²) in [7, 11) is 0. The highest BCUT2D eigenvalue weighted by molar-refractivity contribution is 9.10. The van der Waals surface area contributed by atoms with Gasteiger partial charge in [0.25, 0.3) is 0 Å². The monoisotopic (exact) mass is 241 g/mol. The number of halogens is 1. The normalized spacial score (nSPS) is 10.0. The number of aryl methyl sites for hydroxylation is 2. The van der Waals surface area contributed by atoms with Crippen molar-refractivity contribution in [3.8, 4) is 6.07 Å². The molecule has 13 heavy (non-hydrogen) atoms. The van der Waals surface area contributed by atoms with Crippen LogP contribution in [0, 0.1) is 18.3 Å². The lowest BCUT2D eigenvalue weighted by Gasteiger charge is -2.02. The fraction of sp³-hybridized carbons (Fsp3) is 0.556. The molecule has 70 valence electrons. The summed E-state index contributed by atoms with van der Waals surface area (Å²) >= 11 is 3.48. The Kier molecular flexibility index (Phi) is 3.49. The van der Waals surface area contributed by atoms with Crippen molar-refractivity contribution in [1.29, 1.82) is 5.26 Å². The molecular weight excluding hydrogens is 230 g/mol. The number of nitrogens with zero attached hydrogens (tertiary/aromatic N) is 3. The molecule has 1 rings (SSSR count). The molecule has 0 aliphatic carbocycles. The Morgan fingerprint density at radius 2 is 2.31 bits per heavy atom. The van der Waals surface area contributed by atoms with Gasteiger partial charge >= 0.3 is 0 Å². The molecule has 0 unspecified atom stereocenters. The van der Waals surface area contributed by atoms with Crippen LogP contribution < -0.4 is 0 Å². The van der Waals surface area contributed by atoms with Gasteiger partial charge in [-0.1, -0.05) is 6.92 Å². The highest BCUT2D eigenvalue weighted by Crippen LogP contribution is 2.19. The van der Waals surface area contributed by atoms with E-state index in [1.165, 1.54) is 0 Å². The number of rotatable bonds is 3. The zero-order valence-electron chi connectivity index (χ0n) is 7.84. The molecule has 0 fully saturated rings. The molecule has 0 aromatic carbocycles. The van der Waals surface area contributed by atoms with Gasteiger partial charge in [0.05, 0.1) is 18.2 Å². The van der Waals surface area contributed by atoms with E-state index in [0.29, 0.717) is 6.42 Å². The summed E-state index contributed by atoms with van der Waals surface area (Å²) in [4.78, 5) is 4.39. The second kappa shape index (κ2) is 4.43. The largest absolute Gasteiger partial charge is 0.322 e. The Morgan fingerprint density at radius 1 is 1.62 bits per heavy atom. The number of hydrogen-bond acceptors (Lipinski definition) is 2. The van der Waals surface area contributed by atoms with E-state index in [0.717, 1.165) is 29.1 Å². The van der Waals surface area contributed by atoms with Gasteiger partial charge in [0.15, 0.2) is 0 Å². The third kappa shape index (κ3) is 2.10. The highest BCUT2D eigenvalue weighted by Gasteiger charge is 2.09. The van der Waals surface area contributed by atoms with E-state index in [4.69, 9.17) is 5.26 Å². The zero-order valence-corrected chi connectivity index (χ0v) is 9.43. The third-order valence-electron chi connectivity index (χ3n) is 1.94. The first-order valence-corrected chi connectivity index (χ1v) is 5.08. The van der Waals surface area contributed by atoms with Crippen molar-refractivity contribution in [1.82, 2.24) is 9.55 Å². The molecule has 4 heteroatoms. The molecule has 1 aromatic rings. The van der Waals surface area contributed by atoms with E-state index < -0.39 is 0 Å². The molecule has 0 radical (unpaired) electrons. The van der Waals surface area contributed by atoms with Gasteiger partial charge in [0.2, 0.25) is 0 Å². The smallest absolute Gasteiger partial charge is 0.108 e. The first kappa shape index (κ1) is 10.3. The second-order valence-corrected chi connectivity index (χ2v) is 3.56. The van der Waals surface area contributed by atoms with Gasteiger partial charge in [0.1, 0.15) is 10.4 Å². The van der Waals surface area contributed by atoms with Crippen LogP contribution in [-0.4, -0.2) is 9.55 Å². The van der Waals surface area contributed by atoms with Crippen LogP contribution in [0.1, 0.15) is 24.9 Å². The van der Waals surface area contributed by atoms with Gasteiger partial charge < -0.3 is 4.57 Å². The lowest BCUT2D eigenvalue weighted by atomic mass is 10.4. The molecule has 3 nitrogen and oxygen atoms in total. The summed E-state index contributed by atoms with van der Waals surface area (Å²) in [5.74, 6) is 0.971. The summed E-state index contributed by atoms with van der Waals surface area (Å²) in [6, 6.07) is 2.13. The molecule has 0 N–H and O–H groups in total. The third-order valence-corrected chi connectivity index (χ3v) is 2.83. The molecule has 0 bridgehead atoms. The Balaban J connectivity index is 2.93. The van der Waals surface area contributed by atoms with Gasteiger partial charge in [-0.2, -0.15) is 5.26 Å². The van der Waals surface area contributed by atoms with Crippen molar-refractivity contribution in [3.05, 3.63) is 16.1 Å². The number of aromatic nitrogens is 2. The van der Waals surface area contributed by atoms with Crippen LogP contribution in [0.3, 0.4) is 0 Å². The van der Waals surface area contributed by atoms with Gasteiger partial charge in [-0.05, 0) is 29.3 Å². The average molecular weight is 242 g/mol. The maximum Gasteiger partial charge on any atom is 0.108 e. The van der Waals surface area contributed by atoms with Crippen LogP contribution in [0.2, 0.25) is 0 Å². The molecule has 1 heterocycles. The van der Waals surface area contributed by atoms with Crippen molar-refractivity contribution in [2.45, 2.75) is 33.2 Å². The fourth-order valence-corrected chi connectivity index (χ4v) is 2.05. The average Bonchev–Trinajstić information content (AvgIpc) is 2.39. The van der Waals surface area contributed by atoms with Crippen molar-refractivity contribution in [3.63, 3.8) is 0 Å². The SMILES string of the molecule is CCc1nc(C)n(CCC#N)c1Br. The van der Waals surface area contributed by atoms with E-state index >= 15 is 0 Å². The van der Waals surface area contributed by atoms with E-state index in [1.807, 2.05) is 11.5 Å². The zero-order chi connectivity index (χ0) is 9.84. The van der Waals surface area contributed by atoms with Crippen molar-refractivity contribution >= 4 is 15.9 Å². The molecule has 0 saturated carbocycles. The lowest BCUT2D eigenvalue weighted by molar-refractivity contribution is 0.676. The topological polar surface area (TPSA) is 41.6 Å². The number of nitriles is 1. The molecule has 0 atom stereocenters. The summed E-state index contributed by atoms with van der Waals surface area (Å²) < 4.78 is 3.05. The lowest BCUT2D eigenvalue weighted by Crippen LogP contribution is -1.99. The minimum Gasteiger partial charge on any atom is -0.322 e. The first-order valence-electron chi connectivity index (χ1n) is 4.29. The van der Waals surface area contributed by atoms with Crippen LogP contribution in [0.15, 0.2) is 4.60 Å². The molecule has 0 aliphatic rings. The van der Waals surface area contributed by atoms with Gasteiger partial charge in [-0.25, -0.2) is 4.98 Å². The van der Waals surface area contributed by atoms with Crippen molar-refractivity contribution in [2.75, 3.05) is 0 Å². The van der Waals surface area contributed by atoms with Crippen molar-refractivity contribution < 1.29 is 0 Å². The Morgan fingerprint density at radius 3 is 2.77 bits per heavy atom. The van der Waals surface area contributed by atoms with E-state index in [2.05, 4.69) is 33.9 Å².